The van der Waals surface area contributed by atoms with Gasteiger partial charge in [0, 0.05) is 30.5 Å². The highest BCUT2D eigenvalue weighted by atomic mass is 19.1. The molecular formula is C26H23F3N2O4. The summed E-state index contributed by atoms with van der Waals surface area (Å²) in [6.07, 6.45) is -0.757. The molecule has 3 N–H and O–H groups in total. The van der Waals surface area contributed by atoms with Crippen molar-refractivity contribution in [2.45, 2.75) is 31.3 Å². The molecule has 6 nitrogen and oxygen atoms in total. The highest BCUT2D eigenvalue weighted by molar-refractivity contribution is 5.91. The minimum absolute atomic E-state index is 0.00444. The molecule has 9 heteroatoms. The van der Waals surface area contributed by atoms with Crippen LogP contribution in [0.3, 0.4) is 0 Å². The predicted molar refractivity (Wildman–Crippen MR) is 122 cm³/mol. The van der Waals surface area contributed by atoms with E-state index in [4.69, 9.17) is 0 Å². The minimum Gasteiger partial charge on any atom is -0.480 e. The van der Waals surface area contributed by atoms with Crippen LogP contribution in [0, 0.1) is 17.5 Å². The van der Waals surface area contributed by atoms with Crippen LogP contribution >= 0.6 is 0 Å². The number of carbonyl (C=O) groups excluding carboxylic acids is 2. The Labute approximate surface area is 199 Å². The van der Waals surface area contributed by atoms with Gasteiger partial charge in [0.25, 0.3) is 0 Å². The fourth-order valence-corrected chi connectivity index (χ4v) is 3.53. The van der Waals surface area contributed by atoms with Gasteiger partial charge in [0.15, 0.2) is 0 Å². The SMILES string of the molecule is O=C(Cc1c(F)cc(F)cc1F)N[C@@H](Cc1ccccc1)C(=O)N[C@@H](Cc1ccccc1)C(=O)O. The van der Waals surface area contributed by atoms with Gasteiger partial charge in [-0.15, -0.1) is 0 Å². The van der Waals surface area contributed by atoms with Crippen molar-refractivity contribution in [3.63, 3.8) is 0 Å². The Morgan fingerprint density at radius 3 is 1.71 bits per heavy atom. The van der Waals surface area contributed by atoms with Crippen molar-refractivity contribution in [1.82, 2.24) is 10.6 Å². The van der Waals surface area contributed by atoms with Crippen molar-refractivity contribution in [3.8, 4) is 0 Å². The summed E-state index contributed by atoms with van der Waals surface area (Å²) in [4.78, 5) is 37.4. The Morgan fingerprint density at radius 1 is 0.743 bits per heavy atom. The molecule has 2 atom stereocenters. The molecule has 2 amide bonds. The molecule has 0 radical (unpaired) electrons. The third kappa shape index (κ3) is 7.43. The van der Waals surface area contributed by atoms with Crippen LogP contribution in [0.15, 0.2) is 72.8 Å². The lowest BCUT2D eigenvalue weighted by molar-refractivity contribution is -0.142. The van der Waals surface area contributed by atoms with Crippen molar-refractivity contribution >= 4 is 17.8 Å². The molecule has 3 aromatic carbocycles. The zero-order chi connectivity index (χ0) is 25.4. The Kier molecular flexibility index (Phi) is 8.61. The Bertz CT molecular complexity index is 1170. The Balaban J connectivity index is 1.77. The number of benzene rings is 3. The second-order valence-electron chi connectivity index (χ2n) is 7.92. The fourth-order valence-electron chi connectivity index (χ4n) is 3.53. The van der Waals surface area contributed by atoms with Crippen molar-refractivity contribution in [3.05, 3.63) is 107 Å². The summed E-state index contributed by atoms with van der Waals surface area (Å²) in [7, 11) is 0. The van der Waals surface area contributed by atoms with Crippen molar-refractivity contribution in [1.29, 1.82) is 0 Å². The van der Waals surface area contributed by atoms with E-state index >= 15 is 0 Å². The number of carbonyl (C=O) groups is 3. The lowest BCUT2D eigenvalue weighted by Crippen LogP contribution is -2.53. The van der Waals surface area contributed by atoms with Gasteiger partial charge in [-0.25, -0.2) is 18.0 Å². The first kappa shape index (κ1) is 25.5. The average Bonchev–Trinajstić information content (AvgIpc) is 2.81. The summed E-state index contributed by atoms with van der Waals surface area (Å²) in [5, 5.41) is 14.5. The van der Waals surface area contributed by atoms with E-state index in [1.54, 1.807) is 60.7 Å². The van der Waals surface area contributed by atoms with Crippen LogP contribution < -0.4 is 10.6 Å². The van der Waals surface area contributed by atoms with Gasteiger partial charge in [-0.2, -0.15) is 0 Å². The van der Waals surface area contributed by atoms with E-state index in [9.17, 15) is 32.7 Å². The number of carboxylic acid groups (broad SMARTS) is 1. The number of amides is 2. The monoisotopic (exact) mass is 484 g/mol. The van der Waals surface area contributed by atoms with Gasteiger partial charge in [0.1, 0.15) is 29.5 Å². The summed E-state index contributed by atoms with van der Waals surface area (Å²) in [5.74, 6) is -6.50. The maximum absolute atomic E-state index is 14.0. The van der Waals surface area contributed by atoms with Gasteiger partial charge in [-0.05, 0) is 11.1 Å². The second kappa shape index (κ2) is 11.8. The van der Waals surface area contributed by atoms with Crippen molar-refractivity contribution in [2.75, 3.05) is 0 Å². The summed E-state index contributed by atoms with van der Waals surface area (Å²) in [6.45, 7) is 0. The van der Waals surface area contributed by atoms with E-state index in [0.717, 1.165) is 0 Å². The molecule has 0 aromatic heterocycles. The van der Waals surface area contributed by atoms with Crippen LogP contribution in [0.5, 0.6) is 0 Å². The van der Waals surface area contributed by atoms with Crippen molar-refractivity contribution < 1.29 is 32.7 Å². The highest BCUT2D eigenvalue weighted by Gasteiger charge is 2.27. The standard InChI is InChI=1S/C26H23F3N2O4/c27-18-13-20(28)19(21(29)14-18)15-24(32)30-22(11-16-7-3-1-4-8-16)25(33)31-23(26(34)35)12-17-9-5-2-6-10-17/h1-10,13-14,22-23H,11-12,15H2,(H,30,32)(H,31,33)(H,34,35)/t22-,23-/m0/s1. The maximum Gasteiger partial charge on any atom is 0.326 e. The quantitative estimate of drug-likeness (QED) is 0.412. The van der Waals surface area contributed by atoms with Gasteiger partial charge < -0.3 is 15.7 Å². The van der Waals surface area contributed by atoms with Crippen LogP contribution in [0.4, 0.5) is 13.2 Å². The third-order valence-corrected chi connectivity index (χ3v) is 5.27. The Morgan fingerprint density at radius 2 is 1.23 bits per heavy atom. The van der Waals surface area contributed by atoms with Crippen LogP contribution in [0.25, 0.3) is 0 Å². The van der Waals surface area contributed by atoms with Gasteiger partial charge >= 0.3 is 5.97 Å². The molecule has 0 heterocycles. The number of rotatable bonds is 10. The van der Waals surface area contributed by atoms with Crippen LogP contribution in [0.1, 0.15) is 16.7 Å². The van der Waals surface area contributed by atoms with Crippen LogP contribution in [-0.4, -0.2) is 35.0 Å². The first-order chi connectivity index (χ1) is 16.7. The molecule has 3 rings (SSSR count). The fraction of sp³-hybridized carbons (Fsp3) is 0.192. The van der Waals surface area contributed by atoms with Gasteiger partial charge in [0.05, 0.1) is 6.42 Å². The van der Waals surface area contributed by atoms with Crippen LogP contribution in [0.2, 0.25) is 0 Å². The number of nitrogens with one attached hydrogen (secondary N) is 2. The molecule has 35 heavy (non-hydrogen) atoms. The molecule has 0 saturated heterocycles. The summed E-state index contributed by atoms with van der Waals surface area (Å²) in [6, 6.07) is 15.7. The van der Waals surface area contributed by atoms with E-state index in [0.29, 0.717) is 23.3 Å². The normalized spacial score (nSPS) is 12.4. The molecule has 0 unspecified atom stereocenters. The molecule has 0 aliphatic heterocycles. The maximum atomic E-state index is 14.0. The molecule has 0 aliphatic carbocycles. The Hall–Kier alpha value is -4.14. The molecule has 182 valence electrons. The zero-order valence-electron chi connectivity index (χ0n) is 18.5. The molecule has 0 spiro atoms. The average molecular weight is 484 g/mol. The predicted octanol–water partition coefficient (Wildman–Crippen LogP) is 3.19. The third-order valence-electron chi connectivity index (χ3n) is 5.27. The largest absolute Gasteiger partial charge is 0.480 e. The number of aliphatic carboxylic acids is 1. The first-order valence-electron chi connectivity index (χ1n) is 10.8. The number of hydrogen-bond donors (Lipinski definition) is 3. The van der Waals surface area contributed by atoms with Gasteiger partial charge in [-0.1, -0.05) is 60.7 Å². The van der Waals surface area contributed by atoms with E-state index in [1.807, 2.05) is 0 Å². The molecule has 3 aromatic rings. The van der Waals surface area contributed by atoms with Gasteiger partial charge in [0.2, 0.25) is 11.8 Å². The van der Waals surface area contributed by atoms with E-state index in [1.165, 1.54) is 0 Å². The topological polar surface area (TPSA) is 95.5 Å². The van der Waals surface area contributed by atoms with E-state index in [2.05, 4.69) is 10.6 Å². The minimum atomic E-state index is -1.27. The summed E-state index contributed by atoms with van der Waals surface area (Å²) >= 11 is 0. The van der Waals surface area contributed by atoms with E-state index in [-0.39, 0.29) is 12.8 Å². The summed E-state index contributed by atoms with van der Waals surface area (Å²) < 4.78 is 41.1. The number of hydrogen-bond acceptors (Lipinski definition) is 3. The molecular weight excluding hydrogens is 461 g/mol. The molecule has 0 saturated carbocycles. The zero-order valence-corrected chi connectivity index (χ0v) is 18.5. The lowest BCUT2D eigenvalue weighted by atomic mass is 10.0. The molecule has 0 bridgehead atoms. The van der Waals surface area contributed by atoms with Gasteiger partial charge in [-0.3, -0.25) is 9.59 Å². The number of halogens is 3. The van der Waals surface area contributed by atoms with E-state index < -0.39 is 59.3 Å². The highest BCUT2D eigenvalue weighted by Crippen LogP contribution is 2.16. The second-order valence-corrected chi connectivity index (χ2v) is 7.92. The van der Waals surface area contributed by atoms with Crippen LogP contribution in [-0.2, 0) is 33.6 Å². The molecule has 0 fully saturated rings. The smallest absolute Gasteiger partial charge is 0.326 e. The summed E-state index contributed by atoms with van der Waals surface area (Å²) in [5.41, 5.74) is 0.711. The number of carboxylic acids is 1. The molecule has 0 aliphatic rings. The first-order valence-corrected chi connectivity index (χ1v) is 10.8. The van der Waals surface area contributed by atoms with Crippen molar-refractivity contribution in [2.24, 2.45) is 0 Å². The lowest BCUT2D eigenvalue weighted by Gasteiger charge is -2.22.